The van der Waals surface area contributed by atoms with Crippen LogP contribution in [-0.4, -0.2) is 4.98 Å². The first kappa shape index (κ1) is 25.7. The van der Waals surface area contributed by atoms with Crippen LogP contribution in [0.5, 0.6) is 0 Å². The molecule has 42 heavy (non-hydrogen) atoms. The van der Waals surface area contributed by atoms with Gasteiger partial charge in [-0.15, -0.1) is 0 Å². The number of pyridine rings is 1. The van der Waals surface area contributed by atoms with Gasteiger partial charge < -0.3 is 0 Å². The molecule has 1 nitrogen and oxygen atoms in total. The van der Waals surface area contributed by atoms with Gasteiger partial charge in [0.2, 0.25) is 0 Å². The van der Waals surface area contributed by atoms with Crippen molar-refractivity contribution in [3.8, 4) is 22.3 Å². The molecular formula is C41H31N. The number of aromatic nitrogens is 1. The van der Waals surface area contributed by atoms with Gasteiger partial charge >= 0.3 is 0 Å². The van der Waals surface area contributed by atoms with E-state index >= 15 is 0 Å². The fourth-order valence-corrected chi connectivity index (χ4v) is 6.18. The molecule has 0 aliphatic carbocycles. The van der Waals surface area contributed by atoms with Gasteiger partial charge in [0.15, 0.2) is 0 Å². The van der Waals surface area contributed by atoms with Gasteiger partial charge in [-0.3, -0.25) is 4.98 Å². The molecule has 0 radical (unpaired) electrons. The van der Waals surface area contributed by atoms with Gasteiger partial charge in [0.1, 0.15) is 0 Å². The first-order chi connectivity index (χ1) is 20.6. The topological polar surface area (TPSA) is 12.9 Å². The molecule has 0 atom stereocenters. The average molecular weight is 538 g/mol. The molecule has 0 fully saturated rings. The summed E-state index contributed by atoms with van der Waals surface area (Å²) in [4.78, 5) is 4.31. The molecule has 0 saturated carbocycles. The Morgan fingerprint density at radius 2 is 1.14 bits per heavy atom. The molecule has 1 aromatic heterocycles. The molecule has 1 heteroatoms. The zero-order chi connectivity index (χ0) is 28.6. The third kappa shape index (κ3) is 4.60. The second-order valence-electron chi connectivity index (χ2n) is 11.0. The highest BCUT2D eigenvalue weighted by molar-refractivity contribution is 6.21. The number of nitrogens with zero attached hydrogens (tertiary/aromatic N) is 1. The Hall–Kier alpha value is -5.27. The highest BCUT2D eigenvalue weighted by Crippen LogP contribution is 2.44. The molecule has 0 spiro atoms. The summed E-state index contributed by atoms with van der Waals surface area (Å²) in [6, 6.07) is 46.1. The minimum Gasteiger partial charge on any atom is -0.262 e. The molecule has 0 aliphatic rings. The monoisotopic (exact) mass is 537 g/mol. The van der Waals surface area contributed by atoms with E-state index in [1.165, 1.54) is 65.7 Å². The van der Waals surface area contributed by atoms with Crippen LogP contribution in [-0.2, 0) is 0 Å². The van der Waals surface area contributed by atoms with E-state index < -0.39 is 0 Å². The zero-order valence-electron chi connectivity index (χ0n) is 23.9. The van der Waals surface area contributed by atoms with Crippen molar-refractivity contribution in [2.45, 2.75) is 13.8 Å². The maximum Gasteiger partial charge on any atom is 0.0378 e. The first-order valence-electron chi connectivity index (χ1n) is 14.4. The second-order valence-corrected chi connectivity index (χ2v) is 11.0. The van der Waals surface area contributed by atoms with Crippen LogP contribution in [0.15, 0.2) is 146 Å². The molecule has 6 aromatic carbocycles. The van der Waals surface area contributed by atoms with Crippen LogP contribution in [0.3, 0.4) is 0 Å². The third-order valence-electron chi connectivity index (χ3n) is 8.24. The normalized spacial score (nSPS) is 11.8. The van der Waals surface area contributed by atoms with Crippen molar-refractivity contribution in [2.24, 2.45) is 0 Å². The van der Waals surface area contributed by atoms with Crippen LogP contribution in [0, 0.1) is 6.92 Å². The molecule has 200 valence electrons. The number of fused-ring (bicyclic) bond motifs is 3. The van der Waals surface area contributed by atoms with E-state index in [1.54, 1.807) is 0 Å². The van der Waals surface area contributed by atoms with Crippen molar-refractivity contribution in [1.82, 2.24) is 4.98 Å². The van der Waals surface area contributed by atoms with Crippen molar-refractivity contribution in [3.05, 3.63) is 163 Å². The lowest BCUT2D eigenvalue weighted by Crippen LogP contribution is -1.91. The minimum atomic E-state index is 0.992. The summed E-state index contributed by atoms with van der Waals surface area (Å²) in [6.45, 7) is 8.47. The fourth-order valence-electron chi connectivity index (χ4n) is 6.18. The van der Waals surface area contributed by atoms with Crippen LogP contribution in [0.25, 0.3) is 65.7 Å². The Balaban J connectivity index is 1.35. The highest BCUT2D eigenvalue weighted by Gasteiger charge is 2.16. The molecule has 0 N–H and O–H groups in total. The highest BCUT2D eigenvalue weighted by atomic mass is 14.6. The van der Waals surface area contributed by atoms with Crippen molar-refractivity contribution in [1.29, 1.82) is 0 Å². The number of allylic oxidation sites excluding steroid dienone is 3. The van der Waals surface area contributed by atoms with Gasteiger partial charge in [-0.05, 0) is 115 Å². The SMILES string of the molecule is C=C(/C=C(\C)c1ccc2cc(-c3c4ccccc4c(-c4ccccc4)c4ccccc34)ccc2c1)c1ccnc(C)c1. The summed E-state index contributed by atoms with van der Waals surface area (Å²) >= 11 is 0. The Labute approximate surface area is 247 Å². The molecule has 0 unspecified atom stereocenters. The summed E-state index contributed by atoms with van der Waals surface area (Å²) in [5, 5.41) is 7.55. The van der Waals surface area contributed by atoms with Gasteiger partial charge in [0, 0.05) is 11.9 Å². The molecule has 0 bridgehead atoms. The standard InChI is InChI=1S/C41H31N/c1-27(23-28(2)32-21-22-42-29(3)24-32)31-17-18-34-26-35(20-19-33(34)25-31)41-38-15-9-7-13-36(38)40(30-11-5-4-6-12-30)37-14-8-10-16-39(37)41/h4-26H,2H2,1,3H3/b27-23+. The number of hydrogen-bond donors (Lipinski definition) is 0. The quantitative estimate of drug-likeness (QED) is 0.157. The molecular weight excluding hydrogens is 506 g/mol. The van der Waals surface area contributed by atoms with Crippen LogP contribution < -0.4 is 0 Å². The smallest absolute Gasteiger partial charge is 0.0378 e. The minimum absolute atomic E-state index is 0.992. The molecule has 0 saturated heterocycles. The Bertz CT molecular complexity index is 2110. The predicted octanol–water partition coefficient (Wildman–Crippen LogP) is 11.3. The predicted molar refractivity (Wildman–Crippen MR) is 181 cm³/mol. The fraction of sp³-hybridized carbons (Fsp3) is 0.0488. The first-order valence-corrected chi connectivity index (χ1v) is 14.4. The summed E-state index contributed by atoms with van der Waals surface area (Å²) in [7, 11) is 0. The van der Waals surface area contributed by atoms with Crippen molar-refractivity contribution in [3.63, 3.8) is 0 Å². The largest absolute Gasteiger partial charge is 0.262 e. The Kier molecular flexibility index (Phi) is 6.49. The molecule has 0 aliphatic heterocycles. The maximum absolute atomic E-state index is 4.31. The molecule has 7 aromatic rings. The van der Waals surface area contributed by atoms with Crippen LogP contribution in [0.1, 0.15) is 23.7 Å². The third-order valence-corrected chi connectivity index (χ3v) is 8.24. The van der Waals surface area contributed by atoms with Gasteiger partial charge in [0.05, 0.1) is 0 Å². The van der Waals surface area contributed by atoms with Crippen molar-refractivity contribution in [2.75, 3.05) is 0 Å². The van der Waals surface area contributed by atoms with Crippen molar-refractivity contribution < 1.29 is 0 Å². The lowest BCUT2D eigenvalue weighted by Gasteiger charge is -2.18. The Morgan fingerprint density at radius 3 is 1.79 bits per heavy atom. The van der Waals surface area contributed by atoms with Crippen LogP contribution >= 0.6 is 0 Å². The van der Waals surface area contributed by atoms with Crippen molar-refractivity contribution >= 4 is 43.5 Å². The van der Waals surface area contributed by atoms with E-state index in [0.717, 1.165) is 16.8 Å². The van der Waals surface area contributed by atoms with E-state index in [1.807, 2.05) is 19.2 Å². The van der Waals surface area contributed by atoms with E-state index in [-0.39, 0.29) is 0 Å². The molecule has 1 heterocycles. The van der Waals surface area contributed by atoms with E-state index in [4.69, 9.17) is 0 Å². The summed E-state index contributed by atoms with van der Waals surface area (Å²) in [6.07, 6.45) is 4.01. The van der Waals surface area contributed by atoms with Gasteiger partial charge in [-0.1, -0.05) is 116 Å². The average Bonchev–Trinajstić information content (AvgIpc) is 3.03. The van der Waals surface area contributed by atoms with E-state index in [9.17, 15) is 0 Å². The molecule has 7 rings (SSSR count). The summed E-state index contributed by atoms with van der Waals surface area (Å²) < 4.78 is 0. The number of hydrogen-bond acceptors (Lipinski definition) is 1. The number of rotatable bonds is 5. The summed E-state index contributed by atoms with van der Waals surface area (Å²) in [5.74, 6) is 0. The lowest BCUT2D eigenvalue weighted by molar-refractivity contribution is 1.19. The van der Waals surface area contributed by atoms with Crippen LogP contribution in [0.2, 0.25) is 0 Å². The van der Waals surface area contributed by atoms with Crippen LogP contribution in [0.4, 0.5) is 0 Å². The molecule has 0 amide bonds. The van der Waals surface area contributed by atoms with E-state index in [0.29, 0.717) is 0 Å². The number of benzene rings is 6. The zero-order valence-corrected chi connectivity index (χ0v) is 23.9. The maximum atomic E-state index is 4.31. The Morgan fingerprint density at radius 1 is 0.571 bits per heavy atom. The lowest BCUT2D eigenvalue weighted by atomic mass is 9.85. The second kappa shape index (κ2) is 10.6. The van der Waals surface area contributed by atoms with Gasteiger partial charge in [-0.2, -0.15) is 0 Å². The number of aryl methyl sites for hydroxylation is 1. The van der Waals surface area contributed by atoms with Gasteiger partial charge in [-0.25, -0.2) is 0 Å². The van der Waals surface area contributed by atoms with E-state index in [2.05, 4.69) is 146 Å². The van der Waals surface area contributed by atoms with Gasteiger partial charge in [0.25, 0.3) is 0 Å². The summed E-state index contributed by atoms with van der Waals surface area (Å²) in [5.41, 5.74) is 10.5.